The number of sulfonamides is 1. The van der Waals surface area contributed by atoms with Gasteiger partial charge in [0.1, 0.15) is 17.4 Å². The maximum Gasteiger partial charge on any atom is 0.264 e. The van der Waals surface area contributed by atoms with Gasteiger partial charge >= 0.3 is 0 Å². The molecule has 0 unspecified atom stereocenters. The lowest BCUT2D eigenvalue weighted by atomic mass is 10.1. The van der Waals surface area contributed by atoms with E-state index in [4.69, 9.17) is 27.9 Å². The van der Waals surface area contributed by atoms with Crippen molar-refractivity contribution >= 4 is 61.9 Å². The molecule has 190 valence electrons. The number of hydrogen-bond donors (Lipinski definition) is 1. The summed E-state index contributed by atoms with van der Waals surface area (Å²) in [6.07, 6.45) is 1.35. The Morgan fingerprint density at radius 1 is 1.08 bits per heavy atom. The van der Waals surface area contributed by atoms with Gasteiger partial charge in [-0.1, -0.05) is 41.4 Å². The largest absolute Gasteiger partial charge is 0.497 e. The maximum absolute atomic E-state index is 13.5. The van der Waals surface area contributed by atoms with Gasteiger partial charge in [-0.2, -0.15) is 5.10 Å². The number of nitrogens with one attached hydrogen (secondary N) is 1. The molecule has 1 aromatic heterocycles. The number of rotatable bonds is 8. The second-order valence-electron chi connectivity index (χ2n) is 7.98. The predicted molar refractivity (Wildman–Crippen MR) is 146 cm³/mol. The Balaban J connectivity index is 1.57. The van der Waals surface area contributed by atoms with Gasteiger partial charge in [0.25, 0.3) is 15.9 Å². The number of fused-ring (bicyclic) bond motifs is 1. The number of carbonyl (C=O) groups excluding carboxylic acids is 1. The zero-order chi connectivity index (χ0) is 26.6. The van der Waals surface area contributed by atoms with Crippen molar-refractivity contribution in [3.63, 3.8) is 0 Å². The molecule has 0 aliphatic rings. The number of carbonyl (C=O) groups is 1. The number of nitrogens with zero attached hydrogens (tertiary/aromatic N) is 3. The molecule has 1 N–H and O–H groups in total. The van der Waals surface area contributed by atoms with Crippen LogP contribution in [-0.4, -0.2) is 39.2 Å². The van der Waals surface area contributed by atoms with Gasteiger partial charge in [0.05, 0.1) is 29.4 Å². The first-order chi connectivity index (χ1) is 17.7. The molecule has 4 rings (SSSR count). The van der Waals surface area contributed by atoms with Crippen LogP contribution < -0.4 is 14.5 Å². The highest BCUT2D eigenvalue weighted by Crippen LogP contribution is 2.29. The fourth-order valence-electron chi connectivity index (χ4n) is 3.61. The minimum Gasteiger partial charge on any atom is -0.497 e. The first-order valence-electron chi connectivity index (χ1n) is 11.0. The Hall–Kier alpha value is -3.66. The molecule has 1 heterocycles. The summed E-state index contributed by atoms with van der Waals surface area (Å²) in [5, 5.41) is 5.40. The average Bonchev–Trinajstić information content (AvgIpc) is 2.88. The van der Waals surface area contributed by atoms with E-state index in [1.165, 1.54) is 18.3 Å². The van der Waals surface area contributed by atoms with Crippen LogP contribution in [0.3, 0.4) is 0 Å². The lowest BCUT2D eigenvalue weighted by Gasteiger charge is -2.25. The summed E-state index contributed by atoms with van der Waals surface area (Å²) in [6.45, 7) is 1.20. The van der Waals surface area contributed by atoms with Crippen molar-refractivity contribution < 1.29 is 17.9 Å². The van der Waals surface area contributed by atoms with Crippen molar-refractivity contribution in [1.29, 1.82) is 0 Å². The highest BCUT2D eigenvalue weighted by molar-refractivity contribution is 7.92. The molecule has 0 fully saturated rings. The molecule has 4 aromatic rings. The molecule has 8 nitrogen and oxygen atoms in total. The molecule has 0 bridgehead atoms. The number of hydrogen-bond acceptors (Lipinski definition) is 6. The summed E-state index contributed by atoms with van der Waals surface area (Å²) in [4.78, 5) is 17.2. The topological polar surface area (TPSA) is 101 Å². The Kier molecular flexibility index (Phi) is 7.97. The summed E-state index contributed by atoms with van der Waals surface area (Å²) in [6, 6.07) is 19.8. The maximum atomic E-state index is 13.5. The van der Waals surface area contributed by atoms with Gasteiger partial charge in [-0.25, -0.2) is 18.8 Å². The molecule has 0 saturated heterocycles. The zero-order valence-corrected chi connectivity index (χ0v) is 22.2. The Morgan fingerprint density at radius 2 is 1.84 bits per heavy atom. The van der Waals surface area contributed by atoms with E-state index in [2.05, 4.69) is 15.5 Å². The minimum atomic E-state index is -4.06. The van der Waals surface area contributed by atoms with Crippen molar-refractivity contribution in [3.05, 3.63) is 94.1 Å². The second-order valence-corrected chi connectivity index (χ2v) is 10.6. The van der Waals surface area contributed by atoms with Crippen molar-refractivity contribution in [2.75, 3.05) is 18.0 Å². The highest BCUT2D eigenvalue weighted by Gasteiger charge is 2.28. The fraction of sp³-hybridized carbons (Fsp3) is 0.115. The summed E-state index contributed by atoms with van der Waals surface area (Å²) in [5.74, 6) is -0.00427. The van der Waals surface area contributed by atoms with Gasteiger partial charge in [-0.05, 0) is 61.0 Å². The number of pyridine rings is 1. The van der Waals surface area contributed by atoms with Gasteiger partial charge in [0.2, 0.25) is 0 Å². The number of halogens is 2. The van der Waals surface area contributed by atoms with Crippen molar-refractivity contribution in [2.45, 2.75) is 11.8 Å². The number of ether oxygens (including phenoxy) is 1. The number of aryl methyl sites for hydroxylation is 1. The molecule has 0 aliphatic heterocycles. The number of aromatic nitrogens is 1. The van der Waals surface area contributed by atoms with Crippen molar-refractivity contribution in [3.8, 4) is 5.75 Å². The van der Waals surface area contributed by atoms with E-state index in [9.17, 15) is 13.2 Å². The number of methoxy groups -OCH3 is 1. The number of hydrazone groups is 1. The summed E-state index contributed by atoms with van der Waals surface area (Å²) in [5.41, 5.74) is 4.40. The lowest BCUT2D eigenvalue weighted by Crippen LogP contribution is -2.40. The summed E-state index contributed by atoms with van der Waals surface area (Å²) >= 11 is 12.3. The van der Waals surface area contributed by atoms with Gasteiger partial charge in [0.15, 0.2) is 0 Å². The molecule has 0 saturated carbocycles. The highest BCUT2D eigenvalue weighted by atomic mass is 35.5. The van der Waals surface area contributed by atoms with Crippen molar-refractivity contribution in [1.82, 2.24) is 10.4 Å². The van der Waals surface area contributed by atoms with E-state index >= 15 is 0 Å². The third kappa shape index (κ3) is 6.02. The van der Waals surface area contributed by atoms with Gasteiger partial charge in [-0.3, -0.25) is 9.10 Å². The molecule has 3 aromatic carbocycles. The summed E-state index contributed by atoms with van der Waals surface area (Å²) < 4.78 is 33.1. The van der Waals surface area contributed by atoms with Gasteiger partial charge < -0.3 is 4.74 Å². The quantitative estimate of drug-likeness (QED) is 0.182. The average molecular weight is 557 g/mol. The summed E-state index contributed by atoms with van der Waals surface area (Å²) in [7, 11) is -2.50. The van der Waals surface area contributed by atoms with E-state index in [0.29, 0.717) is 33.1 Å². The molecule has 11 heteroatoms. The van der Waals surface area contributed by atoms with E-state index < -0.39 is 22.5 Å². The number of benzene rings is 3. The fourth-order valence-corrected chi connectivity index (χ4v) is 5.54. The standard InChI is InChI=1S/C26H22Cl2N4O4S/c1-17-12-20(27)9-11-24(17)32(37(34,35)22-6-4-3-5-7-22)16-25(33)31-29-15-19-13-18-8-10-21(36-2)14-23(18)30-26(19)28/h3-15H,16H2,1-2H3,(H,31,33)/b29-15-. The van der Waals surface area contributed by atoms with E-state index in [0.717, 1.165) is 9.69 Å². The van der Waals surface area contributed by atoms with Gasteiger partial charge in [-0.15, -0.1) is 0 Å². The Bertz CT molecular complexity index is 1600. The molecule has 1 amide bonds. The molecule has 37 heavy (non-hydrogen) atoms. The molecular weight excluding hydrogens is 535 g/mol. The first-order valence-corrected chi connectivity index (χ1v) is 13.2. The van der Waals surface area contributed by atoms with Crippen LogP contribution >= 0.6 is 23.2 Å². The normalized spacial score (nSPS) is 11.6. The molecule has 0 aliphatic carbocycles. The van der Waals surface area contributed by atoms with Crippen LogP contribution in [0.25, 0.3) is 10.9 Å². The molecule has 0 radical (unpaired) electrons. The third-order valence-electron chi connectivity index (χ3n) is 5.44. The Labute approximate surface area is 224 Å². The van der Waals surface area contributed by atoms with Gasteiger partial charge in [0, 0.05) is 22.0 Å². The van der Waals surface area contributed by atoms with Crippen LogP contribution in [0.2, 0.25) is 10.2 Å². The lowest BCUT2D eigenvalue weighted by molar-refractivity contribution is -0.119. The van der Waals surface area contributed by atoms with Crippen LogP contribution in [0.4, 0.5) is 5.69 Å². The Morgan fingerprint density at radius 3 is 2.54 bits per heavy atom. The minimum absolute atomic E-state index is 0.0475. The van der Waals surface area contributed by atoms with Crippen molar-refractivity contribution in [2.24, 2.45) is 5.10 Å². The van der Waals surface area contributed by atoms with E-state index in [-0.39, 0.29) is 10.0 Å². The SMILES string of the molecule is COc1ccc2cc(/C=N\NC(=O)CN(c3ccc(Cl)cc3C)S(=O)(=O)c3ccccc3)c(Cl)nc2c1. The van der Waals surface area contributed by atoms with Crippen LogP contribution in [-0.2, 0) is 14.8 Å². The number of amides is 1. The molecule has 0 spiro atoms. The molecule has 0 atom stereocenters. The molecular formula is C26H22Cl2N4O4S. The van der Waals surface area contributed by atoms with Crippen LogP contribution in [0.5, 0.6) is 5.75 Å². The monoisotopic (exact) mass is 556 g/mol. The van der Waals surface area contributed by atoms with Crippen LogP contribution in [0.15, 0.2) is 82.8 Å². The third-order valence-corrected chi connectivity index (χ3v) is 7.76. The van der Waals surface area contributed by atoms with Crippen LogP contribution in [0.1, 0.15) is 11.1 Å². The number of anilines is 1. The van der Waals surface area contributed by atoms with E-state index in [1.54, 1.807) is 68.6 Å². The smallest absolute Gasteiger partial charge is 0.264 e. The second kappa shape index (κ2) is 11.2. The first kappa shape index (κ1) is 26.4. The zero-order valence-electron chi connectivity index (χ0n) is 19.9. The van der Waals surface area contributed by atoms with E-state index in [1.807, 2.05) is 6.07 Å². The van der Waals surface area contributed by atoms with Crippen LogP contribution in [0, 0.1) is 6.92 Å². The predicted octanol–water partition coefficient (Wildman–Crippen LogP) is 5.20.